The smallest absolute Gasteiger partial charge is 0.0447 e. The molecule has 1 fully saturated rings. The van der Waals surface area contributed by atoms with E-state index in [1.165, 1.54) is 30.2 Å². The van der Waals surface area contributed by atoms with E-state index in [0.29, 0.717) is 5.92 Å². The summed E-state index contributed by atoms with van der Waals surface area (Å²) in [6.07, 6.45) is 1.34. The van der Waals surface area contributed by atoms with Gasteiger partial charge in [-0.1, -0.05) is 19.1 Å². The topological polar surface area (TPSA) is 3.24 Å². The second kappa shape index (κ2) is 5.06. The fourth-order valence-corrected chi connectivity index (χ4v) is 2.72. The van der Waals surface area contributed by atoms with Crippen LogP contribution < -0.4 is 0 Å². The van der Waals surface area contributed by atoms with Crippen LogP contribution >= 0.6 is 11.8 Å². The van der Waals surface area contributed by atoms with Gasteiger partial charge in [0.2, 0.25) is 0 Å². The van der Waals surface area contributed by atoms with Gasteiger partial charge in [0, 0.05) is 18.5 Å². The van der Waals surface area contributed by atoms with Crippen LogP contribution in [0.1, 0.15) is 27.2 Å². The van der Waals surface area contributed by atoms with Gasteiger partial charge in [-0.05, 0) is 31.9 Å². The Kier molecular flexibility index (Phi) is 4.33. The molecule has 1 saturated heterocycles. The fourth-order valence-electron chi connectivity index (χ4n) is 1.49. The van der Waals surface area contributed by atoms with Gasteiger partial charge in [0.05, 0.1) is 0 Å². The van der Waals surface area contributed by atoms with E-state index in [1.54, 1.807) is 0 Å². The third-order valence-corrected chi connectivity index (χ3v) is 3.95. The Morgan fingerprint density at radius 2 is 2.38 bits per heavy atom. The van der Waals surface area contributed by atoms with E-state index in [4.69, 9.17) is 0 Å². The van der Waals surface area contributed by atoms with E-state index in [9.17, 15) is 0 Å². The summed E-state index contributed by atoms with van der Waals surface area (Å²) in [4.78, 5) is 2.58. The summed E-state index contributed by atoms with van der Waals surface area (Å²) in [6.45, 7) is 11.9. The van der Waals surface area contributed by atoms with Crippen molar-refractivity contribution in [3.05, 3.63) is 12.2 Å². The van der Waals surface area contributed by atoms with Crippen LogP contribution in [-0.4, -0.2) is 29.1 Å². The second-order valence-corrected chi connectivity index (χ2v) is 5.27. The number of thioether (sulfide) groups is 1. The molecule has 0 aromatic carbocycles. The highest BCUT2D eigenvalue weighted by molar-refractivity contribution is 7.99. The summed E-state index contributed by atoms with van der Waals surface area (Å²) >= 11 is 2.06. The van der Waals surface area contributed by atoms with Crippen molar-refractivity contribution in [2.45, 2.75) is 33.2 Å². The maximum absolute atomic E-state index is 4.01. The van der Waals surface area contributed by atoms with Crippen molar-refractivity contribution in [3.8, 4) is 0 Å². The summed E-state index contributed by atoms with van der Waals surface area (Å²) in [6, 6.07) is 0.767. The number of hydrogen-bond acceptors (Lipinski definition) is 2. The summed E-state index contributed by atoms with van der Waals surface area (Å²) in [5.41, 5.74) is 1.31. The highest BCUT2D eigenvalue weighted by atomic mass is 32.2. The Morgan fingerprint density at radius 1 is 1.69 bits per heavy atom. The van der Waals surface area contributed by atoms with Crippen molar-refractivity contribution in [1.82, 2.24) is 4.90 Å². The molecule has 76 valence electrons. The SMILES string of the molecule is C=C(C)C(C)CN1CSCCC1C. The molecule has 0 aliphatic carbocycles. The van der Waals surface area contributed by atoms with Gasteiger partial charge in [-0.2, -0.15) is 0 Å². The Hall–Kier alpha value is 0.0500. The first-order valence-electron chi connectivity index (χ1n) is 5.08. The lowest BCUT2D eigenvalue weighted by molar-refractivity contribution is 0.214. The summed E-state index contributed by atoms with van der Waals surface area (Å²) in [5, 5.41) is 0. The zero-order chi connectivity index (χ0) is 9.84. The maximum atomic E-state index is 4.01. The monoisotopic (exact) mass is 199 g/mol. The third kappa shape index (κ3) is 3.35. The standard InChI is InChI=1S/C11H21NS/c1-9(2)10(3)7-12-8-13-6-5-11(12)4/h10-11H,1,5-8H2,2-4H3. The van der Waals surface area contributed by atoms with E-state index in [2.05, 4.69) is 44.0 Å². The first kappa shape index (κ1) is 11.1. The van der Waals surface area contributed by atoms with Crippen molar-refractivity contribution in [1.29, 1.82) is 0 Å². The lowest BCUT2D eigenvalue weighted by Crippen LogP contribution is -2.39. The Labute approximate surface area is 86.6 Å². The highest BCUT2D eigenvalue weighted by Gasteiger charge is 2.20. The van der Waals surface area contributed by atoms with Crippen molar-refractivity contribution in [2.24, 2.45) is 5.92 Å². The number of rotatable bonds is 3. The molecule has 0 spiro atoms. The highest BCUT2D eigenvalue weighted by Crippen LogP contribution is 2.22. The van der Waals surface area contributed by atoms with E-state index in [1.807, 2.05) is 0 Å². The van der Waals surface area contributed by atoms with Gasteiger partial charge in [0.1, 0.15) is 0 Å². The first-order chi connectivity index (χ1) is 6.11. The van der Waals surface area contributed by atoms with Crippen LogP contribution in [0.25, 0.3) is 0 Å². The van der Waals surface area contributed by atoms with Gasteiger partial charge >= 0.3 is 0 Å². The minimum absolute atomic E-state index is 0.640. The maximum Gasteiger partial charge on any atom is 0.0447 e. The zero-order valence-corrected chi connectivity index (χ0v) is 9.86. The van der Waals surface area contributed by atoms with E-state index < -0.39 is 0 Å². The first-order valence-corrected chi connectivity index (χ1v) is 6.24. The predicted octanol–water partition coefficient (Wildman–Crippen LogP) is 2.98. The summed E-state index contributed by atoms with van der Waals surface area (Å²) in [7, 11) is 0. The van der Waals surface area contributed by atoms with Crippen LogP contribution in [0.15, 0.2) is 12.2 Å². The molecule has 0 amide bonds. The normalized spacial score (nSPS) is 27.2. The summed E-state index contributed by atoms with van der Waals surface area (Å²) in [5.74, 6) is 3.18. The minimum atomic E-state index is 0.640. The molecule has 2 heteroatoms. The molecule has 2 unspecified atom stereocenters. The third-order valence-electron chi connectivity index (χ3n) is 2.91. The molecule has 2 atom stereocenters. The second-order valence-electron chi connectivity index (χ2n) is 4.19. The molecular formula is C11H21NS. The lowest BCUT2D eigenvalue weighted by Gasteiger charge is -2.34. The van der Waals surface area contributed by atoms with Crippen molar-refractivity contribution in [3.63, 3.8) is 0 Å². The molecular weight excluding hydrogens is 178 g/mol. The molecule has 0 saturated carbocycles. The number of nitrogens with zero attached hydrogens (tertiary/aromatic N) is 1. The van der Waals surface area contributed by atoms with Crippen molar-refractivity contribution >= 4 is 11.8 Å². The van der Waals surface area contributed by atoms with Crippen LogP contribution in [-0.2, 0) is 0 Å². The van der Waals surface area contributed by atoms with E-state index in [0.717, 1.165) is 6.04 Å². The van der Waals surface area contributed by atoms with Crippen molar-refractivity contribution in [2.75, 3.05) is 18.2 Å². The van der Waals surface area contributed by atoms with Crippen molar-refractivity contribution < 1.29 is 0 Å². The van der Waals surface area contributed by atoms with Gasteiger partial charge in [0.15, 0.2) is 0 Å². The molecule has 1 rings (SSSR count). The molecule has 1 heterocycles. The van der Waals surface area contributed by atoms with Gasteiger partial charge < -0.3 is 0 Å². The predicted molar refractivity (Wildman–Crippen MR) is 62.1 cm³/mol. The average molecular weight is 199 g/mol. The molecule has 1 nitrogen and oxygen atoms in total. The van der Waals surface area contributed by atoms with Crippen LogP contribution in [0.2, 0.25) is 0 Å². The van der Waals surface area contributed by atoms with E-state index in [-0.39, 0.29) is 0 Å². The molecule has 0 bridgehead atoms. The number of hydrogen-bond donors (Lipinski definition) is 0. The zero-order valence-electron chi connectivity index (χ0n) is 9.05. The Morgan fingerprint density at radius 3 is 2.92 bits per heavy atom. The van der Waals surface area contributed by atoms with Gasteiger partial charge in [0.25, 0.3) is 0 Å². The van der Waals surface area contributed by atoms with E-state index >= 15 is 0 Å². The van der Waals surface area contributed by atoms with Gasteiger partial charge in [-0.25, -0.2) is 0 Å². The molecule has 13 heavy (non-hydrogen) atoms. The van der Waals surface area contributed by atoms with Gasteiger partial charge in [-0.15, -0.1) is 11.8 Å². The minimum Gasteiger partial charge on any atom is -0.291 e. The van der Waals surface area contributed by atoms with Crippen LogP contribution in [0.5, 0.6) is 0 Å². The average Bonchev–Trinajstić information content (AvgIpc) is 2.08. The Balaban J connectivity index is 2.37. The lowest BCUT2D eigenvalue weighted by atomic mass is 10.0. The fraction of sp³-hybridized carbons (Fsp3) is 0.818. The molecule has 0 N–H and O–H groups in total. The van der Waals surface area contributed by atoms with Gasteiger partial charge in [-0.3, -0.25) is 4.90 Å². The van der Waals surface area contributed by atoms with Crippen LogP contribution in [0, 0.1) is 5.92 Å². The molecule has 0 aromatic rings. The molecule has 0 aromatic heterocycles. The Bertz CT molecular complexity index is 179. The molecule has 1 aliphatic rings. The van der Waals surface area contributed by atoms with Crippen LogP contribution in [0.4, 0.5) is 0 Å². The van der Waals surface area contributed by atoms with Crippen LogP contribution in [0.3, 0.4) is 0 Å². The summed E-state index contributed by atoms with van der Waals surface area (Å²) < 4.78 is 0. The molecule has 0 radical (unpaired) electrons. The molecule has 1 aliphatic heterocycles. The largest absolute Gasteiger partial charge is 0.291 e. The quantitative estimate of drug-likeness (QED) is 0.643.